The number of ether oxygens (including phenoxy) is 1. The maximum absolute atomic E-state index is 13.2. The van der Waals surface area contributed by atoms with Gasteiger partial charge in [0.05, 0.1) is 12.9 Å². The summed E-state index contributed by atoms with van der Waals surface area (Å²) in [5, 5.41) is 2.24. The van der Waals surface area contributed by atoms with Gasteiger partial charge in [-0.25, -0.2) is 13.8 Å². The number of hydrogen-bond donors (Lipinski definition) is 3. The number of halogens is 2. The summed E-state index contributed by atoms with van der Waals surface area (Å²) < 4.78 is 30.5. The van der Waals surface area contributed by atoms with E-state index in [1.807, 2.05) is 0 Å². The molecule has 0 aliphatic carbocycles. The summed E-state index contributed by atoms with van der Waals surface area (Å²) >= 11 is 0.884. The number of carbonyl (C=O) groups is 2. The Morgan fingerprint density at radius 3 is 2.68 bits per heavy atom. The lowest BCUT2D eigenvalue weighted by molar-refractivity contribution is -0.137. The molecule has 8 nitrogen and oxygen atoms in total. The number of nitrogens with one attached hydrogen (secondary N) is 2. The standard InChI is InChI=1S/C14H12F2N4O4S/c1-24-9(21)5-25-14-19-11(17)10(13(23)20-14)18-12(22)6-2-3-7(15)8(16)4-6/h2-4H,5H2,1H3,(H,18,22)(H3,17,19,20,23). The normalized spacial score (nSPS) is 10.4. The van der Waals surface area contributed by atoms with E-state index in [0.717, 1.165) is 23.9 Å². The molecule has 0 aliphatic heterocycles. The molecule has 0 saturated carbocycles. The minimum absolute atomic E-state index is 0.0544. The molecule has 1 amide bonds. The number of H-pyrrole nitrogens is 1. The third kappa shape index (κ3) is 4.53. The van der Waals surface area contributed by atoms with Crippen molar-refractivity contribution in [2.45, 2.75) is 5.16 Å². The predicted molar refractivity (Wildman–Crippen MR) is 86.3 cm³/mol. The summed E-state index contributed by atoms with van der Waals surface area (Å²) in [7, 11) is 1.21. The molecule has 0 fully saturated rings. The average Bonchev–Trinajstić information content (AvgIpc) is 2.58. The quantitative estimate of drug-likeness (QED) is 0.409. The first-order valence-corrected chi connectivity index (χ1v) is 7.66. The maximum Gasteiger partial charge on any atom is 0.316 e. The number of amides is 1. The van der Waals surface area contributed by atoms with E-state index < -0.39 is 29.1 Å². The van der Waals surface area contributed by atoms with Gasteiger partial charge in [-0.1, -0.05) is 11.8 Å². The summed E-state index contributed by atoms with van der Waals surface area (Å²) in [5.74, 6) is -4.11. The summed E-state index contributed by atoms with van der Waals surface area (Å²) in [4.78, 5) is 41.3. The Morgan fingerprint density at radius 2 is 2.08 bits per heavy atom. The molecule has 1 aromatic heterocycles. The van der Waals surface area contributed by atoms with Crippen molar-refractivity contribution < 1.29 is 23.1 Å². The van der Waals surface area contributed by atoms with Gasteiger partial charge in [-0.15, -0.1) is 0 Å². The molecule has 1 aromatic carbocycles. The molecular weight excluding hydrogens is 358 g/mol. The number of aromatic nitrogens is 2. The minimum atomic E-state index is -1.21. The van der Waals surface area contributed by atoms with E-state index in [2.05, 4.69) is 20.0 Å². The molecule has 4 N–H and O–H groups in total. The predicted octanol–water partition coefficient (Wildman–Crippen LogP) is 1.15. The number of thioether (sulfide) groups is 1. The van der Waals surface area contributed by atoms with Crippen molar-refractivity contribution in [2.24, 2.45) is 0 Å². The van der Waals surface area contributed by atoms with Crippen molar-refractivity contribution in [3.8, 4) is 0 Å². The molecule has 25 heavy (non-hydrogen) atoms. The van der Waals surface area contributed by atoms with Crippen molar-refractivity contribution in [2.75, 3.05) is 23.9 Å². The lowest BCUT2D eigenvalue weighted by atomic mass is 10.2. The Labute approximate surface area is 143 Å². The molecule has 0 unspecified atom stereocenters. The van der Waals surface area contributed by atoms with Crippen molar-refractivity contribution >= 4 is 35.1 Å². The van der Waals surface area contributed by atoms with Crippen LogP contribution in [-0.2, 0) is 9.53 Å². The Hall–Kier alpha value is -2.95. The zero-order chi connectivity index (χ0) is 18.6. The first-order chi connectivity index (χ1) is 11.8. The highest BCUT2D eigenvalue weighted by Gasteiger charge is 2.16. The number of benzene rings is 1. The highest BCUT2D eigenvalue weighted by atomic mass is 32.2. The molecule has 0 spiro atoms. The van der Waals surface area contributed by atoms with Crippen LogP contribution in [0.4, 0.5) is 20.3 Å². The van der Waals surface area contributed by atoms with Gasteiger partial charge in [0.15, 0.2) is 22.6 Å². The highest BCUT2D eigenvalue weighted by Crippen LogP contribution is 2.18. The van der Waals surface area contributed by atoms with Crippen LogP contribution in [-0.4, -0.2) is 34.7 Å². The molecule has 0 saturated heterocycles. The molecule has 2 rings (SSSR count). The Bertz CT molecular complexity index is 888. The molecule has 0 radical (unpaired) electrons. The van der Waals surface area contributed by atoms with E-state index in [1.54, 1.807) is 0 Å². The second-order valence-corrected chi connectivity index (χ2v) is 5.54. The molecule has 0 bridgehead atoms. The van der Waals surface area contributed by atoms with Crippen LogP contribution in [0.2, 0.25) is 0 Å². The number of nitrogens with two attached hydrogens (primary N) is 1. The summed E-state index contributed by atoms with van der Waals surface area (Å²) in [6, 6.07) is 2.51. The van der Waals surface area contributed by atoms with E-state index in [1.165, 1.54) is 7.11 Å². The van der Waals surface area contributed by atoms with Crippen LogP contribution in [0.5, 0.6) is 0 Å². The van der Waals surface area contributed by atoms with Crippen molar-refractivity contribution in [1.29, 1.82) is 0 Å². The van der Waals surface area contributed by atoms with E-state index in [4.69, 9.17) is 5.73 Å². The molecule has 0 atom stereocenters. The van der Waals surface area contributed by atoms with Crippen LogP contribution in [0.3, 0.4) is 0 Å². The molecule has 0 aliphatic rings. The number of methoxy groups -OCH3 is 1. The van der Waals surface area contributed by atoms with Crippen molar-refractivity contribution in [3.05, 3.63) is 45.8 Å². The molecule has 132 valence electrons. The van der Waals surface area contributed by atoms with Gasteiger partial charge < -0.3 is 15.8 Å². The largest absolute Gasteiger partial charge is 0.468 e. The number of carbonyl (C=O) groups excluding carboxylic acids is 2. The lowest BCUT2D eigenvalue weighted by Gasteiger charge is -2.08. The number of aromatic amines is 1. The number of nitrogen functional groups attached to an aromatic ring is 1. The van der Waals surface area contributed by atoms with Gasteiger partial charge in [0.25, 0.3) is 11.5 Å². The number of hydrogen-bond acceptors (Lipinski definition) is 7. The average molecular weight is 370 g/mol. The fraction of sp³-hybridized carbons (Fsp3) is 0.143. The number of anilines is 2. The van der Waals surface area contributed by atoms with Crippen LogP contribution in [0.1, 0.15) is 10.4 Å². The monoisotopic (exact) mass is 370 g/mol. The topological polar surface area (TPSA) is 127 Å². The first-order valence-electron chi connectivity index (χ1n) is 6.67. The summed E-state index contributed by atoms with van der Waals surface area (Å²) in [6.45, 7) is 0. The van der Waals surface area contributed by atoms with Crippen molar-refractivity contribution in [1.82, 2.24) is 9.97 Å². The van der Waals surface area contributed by atoms with E-state index in [0.29, 0.717) is 6.07 Å². The van der Waals surface area contributed by atoms with Crippen LogP contribution < -0.4 is 16.6 Å². The van der Waals surface area contributed by atoms with Gasteiger partial charge in [-0.2, -0.15) is 0 Å². The van der Waals surface area contributed by atoms with Gasteiger partial charge in [0.2, 0.25) is 0 Å². The second kappa shape index (κ2) is 7.75. The Kier molecular flexibility index (Phi) is 5.70. The van der Waals surface area contributed by atoms with Crippen LogP contribution in [0.15, 0.2) is 28.2 Å². The van der Waals surface area contributed by atoms with E-state index >= 15 is 0 Å². The fourth-order valence-corrected chi connectivity index (χ4v) is 2.37. The lowest BCUT2D eigenvalue weighted by Crippen LogP contribution is -2.23. The molecule has 2 aromatic rings. The highest BCUT2D eigenvalue weighted by molar-refractivity contribution is 7.99. The molecule has 11 heteroatoms. The van der Waals surface area contributed by atoms with Gasteiger partial charge in [-0.3, -0.25) is 19.4 Å². The number of esters is 1. The van der Waals surface area contributed by atoms with Gasteiger partial charge in [0, 0.05) is 5.56 Å². The number of rotatable bonds is 5. The SMILES string of the molecule is COC(=O)CSc1nc(N)c(NC(=O)c2ccc(F)c(F)c2)c(=O)[nH]1. The van der Waals surface area contributed by atoms with E-state index in [9.17, 15) is 23.2 Å². The van der Waals surface area contributed by atoms with Gasteiger partial charge in [0.1, 0.15) is 5.69 Å². The smallest absolute Gasteiger partial charge is 0.316 e. The van der Waals surface area contributed by atoms with Crippen molar-refractivity contribution in [3.63, 3.8) is 0 Å². The summed E-state index contributed by atoms with van der Waals surface area (Å²) in [6.07, 6.45) is 0. The zero-order valence-corrected chi connectivity index (χ0v) is 13.6. The molecular formula is C14H12F2N4O4S. The Balaban J connectivity index is 2.19. The fourth-order valence-electron chi connectivity index (χ4n) is 1.67. The first kappa shape index (κ1) is 18.4. The van der Waals surface area contributed by atoms with Crippen LogP contribution in [0.25, 0.3) is 0 Å². The van der Waals surface area contributed by atoms with Crippen LogP contribution >= 0.6 is 11.8 Å². The second-order valence-electron chi connectivity index (χ2n) is 4.58. The number of nitrogens with zero attached hydrogens (tertiary/aromatic N) is 1. The van der Waals surface area contributed by atoms with Crippen LogP contribution in [0, 0.1) is 11.6 Å². The van der Waals surface area contributed by atoms with E-state index in [-0.39, 0.29) is 28.0 Å². The third-order valence-corrected chi connectivity index (χ3v) is 3.75. The molecule has 1 heterocycles. The maximum atomic E-state index is 13.2. The summed E-state index contributed by atoms with van der Waals surface area (Å²) in [5.41, 5.74) is 4.31. The van der Waals surface area contributed by atoms with Gasteiger partial charge in [-0.05, 0) is 18.2 Å². The Morgan fingerprint density at radius 1 is 1.36 bits per heavy atom. The van der Waals surface area contributed by atoms with Gasteiger partial charge >= 0.3 is 5.97 Å². The third-order valence-electron chi connectivity index (χ3n) is 2.90. The zero-order valence-electron chi connectivity index (χ0n) is 12.8. The minimum Gasteiger partial charge on any atom is -0.468 e.